The van der Waals surface area contributed by atoms with Crippen molar-refractivity contribution in [1.82, 2.24) is 4.90 Å². The Labute approximate surface area is 179 Å². The number of hydrogen-bond acceptors (Lipinski definition) is 5. The quantitative estimate of drug-likeness (QED) is 0.551. The Morgan fingerprint density at radius 2 is 1.96 bits per heavy atom. The van der Waals surface area contributed by atoms with Crippen LogP contribution in [-0.4, -0.2) is 31.0 Å². The first kappa shape index (κ1) is 20.7. The van der Waals surface area contributed by atoms with Crippen LogP contribution in [0.15, 0.2) is 70.0 Å². The van der Waals surface area contributed by atoms with Crippen molar-refractivity contribution in [2.24, 2.45) is 0 Å². The van der Waals surface area contributed by atoms with Gasteiger partial charge in [0.05, 0.1) is 12.2 Å². The van der Waals surface area contributed by atoms with E-state index in [1.54, 1.807) is 29.5 Å². The van der Waals surface area contributed by atoms with E-state index in [9.17, 15) is 9.90 Å². The van der Waals surface area contributed by atoms with Gasteiger partial charge in [-0.1, -0.05) is 30.3 Å². The molecule has 0 fully saturated rings. The first-order valence-corrected chi connectivity index (χ1v) is 8.83. The fourth-order valence-electron chi connectivity index (χ4n) is 2.61. The van der Waals surface area contributed by atoms with Crippen molar-refractivity contribution in [2.75, 3.05) is 20.1 Å². The van der Waals surface area contributed by atoms with E-state index >= 15 is 0 Å². The molecule has 4 nitrogen and oxygen atoms in total. The summed E-state index contributed by atoms with van der Waals surface area (Å²) in [7, 11) is 1.76. The standard InChI is InChI=1S/C20H19NO3S.Na/c1-21(13-20(22)23)10-8-18(17-9-12-25-14-17)15-4-6-16(7-5-15)19-3-2-11-24-19;/h2-9,11-12,14H,10,13H2,1H3,(H,22,23);/q;+1/p-1/b18-8-;. The van der Waals surface area contributed by atoms with Gasteiger partial charge in [-0.25, -0.2) is 0 Å². The Balaban J connectivity index is 0.00000243. The Morgan fingerprint density at radius 3 is 2.54 bits per heavy atom. The van der Waals surface area contributed by atoms with Crippen LogP contribution < -0.4 is 34.7 Å². The van der Waals surface area contributed by atoms with Crippen molar-refractivity contribution >= 4 is 22.9 Å². The van der Waals surface area contributed by atoms with Gasteiger partial charge in [0.1, 0.15) is 5.76 Å². The van der Waals surface area contributed by atoms with E-state index in [0.29, 0.717) is 6.54 Å². The third-order valence-electron chi connectivity index (χ3n) is 3.84. The maximum atomic E-state index is 10.7. The van der Waals surface area contributed by atoms with Crippen LogP contribution in [-0.2, 0) is 4.79 Å². The molecule has 0 spiro atoms. The molecule has 0 radical (unpaired) electrons. The summed E-state index contributed by atoms with van der Waals surface area (Å²) < 4.78 is 5.43. The molecule has 2 heterocycles. The number of carbonyl (C=O) groups excluding carboxylic acids is 1. The van der Waals surface area contributed by atoms with Gasteiger partial charge in [-0.15, -0.1) is 0 Å². The van der Waals surface area contributed by atoms with E-state index < -0.39 is 5.97 Å². The molecule has 0 amide bonds. The molecule has 0 saturated carbocycles. The fourth-order valence-corrected chi connectivity index (χ4v) is 3.26. The molecule has 3 rings (SSSR count). The van der Waals surface area contributed by atoms with Gasteiger partial charge in [0.2, 0.25) is 0 Å². The van der Waals surface area contributed by atoms with Gasteiger partial charge in [-0.2, -0.15) is 11.3 Å². The summed E-state index contributed by atoms with van der Waals surface area (Å²) in [6.45, 7) is 0.434. The van der Waals surface area contributed by atoms with Crippen LogP contribution in [0.2, 0.25) is 0 Å². The molecule has 0 saturated heterocycles. The molecule has 6 heteroatoms. The molecule has 128 valence electrons. The summed E-state index contributed by atoms with van der Waals surface area (Å²) in [6, 6.07) is 14.0. The van der Waals surface area contributed by atoms with Gasteiger partial charge in [0.15, 0.2) is 0 Å². The van der Waals surface area contributed by atoms with Crippen LogP contribution in [0.3, 0.4) is 0 Å². The second-order valence-electron chi connectivity index (χ2n) is 5.75. The maximum absolute atomic E-state index is 10.7. The number of rotatable bonds is 7. The minimum Gasteiger partial charge on any atom is -0.549 e. The third kappa shape index (κ3) is 5.43. The molecule has 0 bridgehead atoms. The number of carbonyl (C=O) groups is 1. The summed E-state index contributed by atoms with van der Waals surface area (Å²) in [5, 5.41) is 14.8. The van der Waals surface area contributed by atoms with E-state index in [2.05, 4.69) is 23.6 Å². The average Bonchev–Trinajstić information content (AvgIpc) is 3.29. The van der Waals surface area contributed by atoms with Crippen molar-refractivity contribution in [1.29, 1.82) is 0 Å². The smallest absolute Gasteiger partial charge is 0.549 e. The molecule has 0 unspecified atom stereocenters. The van der Waals surface area contributed by atoms with Gasteiger partial charge in [0.25, 0.3) is 0 Å². The van der Waals surface area contributed by atoms with Crippen molar-refractivity contribution in [3.05, 3.63) is 76.7 Å². The molecule has 1 aromatic carbocycles. The van der Waals surface area contributed by atoms with E-state index in [0.717, 1.165) is 28.0 Å². The predicted molar refractivity (Wildman–Crippen MR) is 98.0 cm³/mol. The summed E-state index contributed by atoms with van der Waals surface area (Å²) in [4.78, 5) is 12.4. The number of nitrogens with zero attached hydrogens (tertiary/aromatic N) is 1. The maximum Gasteiger partial charge on any atom is 1.00 e. The van der Waals surface area contributed by atoms with Crippen molar-refractivity contribution in [3.8, 4) is 11.3 Å². The van der Waals surface area contributed by atoms with Crippen LogP contribution in [0.4, 0.5) is 0 Å². The number of furan rings is 1. The first-order chi connectivity index (χ1) is 12.1. The van der Waals surface area contributed by atoms with Crippen LogP contribution in [0.5, 0.6) is 0 Å². The topological polar surface area (TPSA) is 56.5 Å². The molecular weight excluding hydrogens is 357 g/mol. The Hall–Kier alpha value is -1.63. The summed E-state index contributed by atoms with van der Waals surface area (Å²) >= 11 is 1.64. The molecule has 3 aromatic rings. The number of aliphatic carboxylic acids is 1. The van der Waals surface area contributed by atoms with Crippen LogP contribution >= 0.6 is 11.3 Å². The van der Waals surface area contributed by atoms with Crippen molar-refractivity contribution < 1.29 is 43.9 Å². The zero-order valence-electron chi connectivity index (χ0n) is 14.8. The molecule has 0 N–H and O–H groups in total. The predicted octanol–water partition coefficient (Wildman–Crippen LogP) is 0.125. The van der Waals surface area contributed by atoms with Crippen molar-refractivity contribution in [3.63, 3.8) is 0 Å². The number of hydrogen-bond donors (Lipinski definition) is 0. The molecule has 0 aliphatic carbocycles. The SMILES string of the molecule is CN(C/C=C(/c1ccc(-c2ccco2)cc1)c1ccsc1)CC(=O)[O-].[Na+]. The summed E-state index contributed by atoms with van der Waals surface area (Å²) in [6.07, 6.45) is 3.71. The van der Waals surface area contributed by atoms with Gasteiger partial charge in [-0.05, 0) is 52.7 Å². The van der Waals surface area contributed by atoms with Gasteiger partial charge < -0.3 is 14.3 Å². The normalized spacial score (nSPS) is 11.4. The van der Waals surface area contributed by atoms with Gasteiger partial charge in [0, 0.05) is 18.7 Å². The zero-order valence-corrected chi connectivity index (χ0v) is 17.7. The van der Waals surface area contributed by atoms with E-state index in [1.165, 1.54) is 0 Å². The molecule has 0 aliphatic rings. The number of thiophene rings is 1. The van der Waals surface area contributed by atoms with Gasteiger partial charge >= 0.3 is 29.6 Å². The molecule has 2 aromatic heterocycles. The van der Waals surface area contributed by atoms with Gasteiger partial charge in [-0.3, -0.25) is 4.90 Å². The largest absolute Gasteiger partial charge is 1.00 e. The number of carboxylic acids is 1. The monoisotopic (exact) mass is 375 g/mol. The number of likely N-dealkylation sites (N-methyl/N-ethyl adjacent to an activating group) is 1. The van der Waals surface area contributed by atoms with E-state index in [4.69, 9.17) is 4.42 Å². The second kappa shape index (κ2) is 9.90. The summed E-state index contributed by atoms with van der Waals surface area (Å²) in [5.41, 5.74) is 4.30. The Bertz CT molecular complexity index is 840. The third-order valence-corrected chi connectivity index (χ3v) is 4.52. The van der Waals surface area contributed by atoms with E-state index in [1.807, 2.05) is 35.7 Å². The van der Waals surface area contributed by atoms with Crippen molar-refractivity contribution in [2.45, 2.75) is 0 Å². The fraction of sp³-hybridized carbons (Fsp3) is 0.150. The minimum atomic E-state index is -1.07. The minimum absolute atomic E-state index is 0. The average molecular weight is 375 g/mol. The molecule has 0 atom stereocenters. The van der Waals surface area contributed by atoms with Crippen LogP contribution in [0.1, 0.15) is 11.1 Å². The Morgan fingerprint density at radius 1 is 1.19 bits per heavy atom. The number of benzene rings is 1. The molecule has 26 heavy (non-hydrogen) atoms. The zero-order chi connectivity index (χ0) is 17.6. The molecule has 0 aliphatic heterocycles. The van der Waals surface area contributed by atoms with Crippen LogP contribution in [0.25, 0.3) is 16.9 Å². The first-order valence-electron chi connectivity index (χ1n) is 7.89. The Kier molecular flexibility index (Phi) is 7.87. The molecular formula is C20H18NNaO3S. The van der Waals surface area contributed by atoms with E-state index in [-0.39, 0.29) is 36.1 Å². The second-order valence-corrected chi connectivity index (χ2v) is 6.53. The number of carboxylic acid groups (broad SMARTS) is 1. The summed E-state index contributed by atoms with van der Waals surface area (Å²) in [5.74, 6) is -0.239. The van der Waals surface area contributed by atoms with Crippen LogP contribution in [0, 0.1) is 0 Å².